The fourth-order valence-electron chi connectivity index (χ4n) is 2.08. The van der Waals surface area contributed by atoms with E-state index in [1.807, 2.05) is 6.92 Å². The topological polar surface area (TPSA) is 35.5 Å². The first-order chi connectivity index (χ1) is 7.72. The first-order valence-electron chi connectivity index (χ1n) is 6.21. The quantitative estimate of drug-likeness (QED) is 0.649. The van der Waals surface area contributed by atoms with E-state index in [-0.39, 0.29) is 6.29 Å². The van der Waals surface area contributed by atoms with Crippen molar-refractivity contribution in [3.8, 4) is 0 Å². The third-order valence-corrected chi connectivity index (χ3v) is 4.61. The Hall–Kier alpha value is 0.0700. The summed E-state index contributed by atoms with van der Waals surface area (Å²) >= 11 is 0. The van der Waals surface area contributed by atoms with E-state index in [2.05, 4.69) is 0 Å². The molecular formula is C12H24O3S. The molecule has 0 aromatic heterocycles. The van der Waals surface area contributed by atoms with Crippen molar-refractivity contribution < 1.29 is 13.7 Å². The van der Waals surface area contributed by atoms with Gasteiger partial charge >= 0.3 is 0 Å². The molecule has 1 rings (SSSR count). The van der Waals surface area contributed by atoms with Crippen molar-refractivity contribution >= 4 is 10.8 Å². The van der Waals surface area contributed by atoms with Gasteiger partial charge < -0.3 is 9.47 Å². The fraction of sp³-hybridized carbons (Fsp3) is 1.00. The largest absolute Gasteiger partial charge is 0.356 e. The summed E-state index contributed by atoms with van der Waals surface area (Å²) in [6, 6.07) is 0. The molecule has 1 aliphatic rings. The lowest BCUT2D eigenvalue weighted by atomic mass is 9.91. The molecular weight excluding hydrogens is 224 g/mol. The number of rotatable bonds is 7. The van der Waals surface area contributed by atoms with Crippen LogP contribution >= 0.6 is 0 Å². The molecule has 0 radical (unpaired) electrons. The zero-order valence-corrected chi connectivity index (χ0v) is 11.3. The van der Waals surface area contributed by atoms with Crippen molar-refractivity contribution in [2.45, 2.75) is 45.3 Å². The highest BCUT2D eigenvalue weighted by molar-refractivity contribution is 7.85. The Morgan fingerprint density at radius 3 is 2.62 bits per heavy atom. The zero-order valence-electron chi connectivity index (χ0n) is 10.4. The second kappa shape index (κ2) is 8.20. The van der Waals surface area contributed by atoms with Crippen molar-refractivity contribution in [2.24, 2.45) is 5.92 Å². The van der Waals surface area contributed by atoms with Gasteiger partial charge in [-0.1, -0.05) is 19.3 Å². The van der Waals surface area contributed by atoms with Crippen molar-refractivity contribution in [1.82, 2.24) is 0 Å². The van der Waals surface area contributed by atoms with Gasteiger partial charge in [0.25, 0.3) is 0 Å². The minimum Gasteiger partial charge on any atom is -0.356 e. The predicted octanol–water partition coefficient (Wildman–Crippen LogP) is 2.32. The van der Waals surface area contributed by atoms with Crippen LogP contribution in [0.15, 0.2) is 0 Å². The van der Waals surface area contributed by atoms with E-state index in [0.717, 1.165) is 5.75 Å². The highest BCUT2D eigenvalue weighted by atomic mass is 32.2. The summed E-state index contributed by atoms with van der Waals surface area (Å²) in [5, 5.41) is 0. The van der Waals surface area contributed by atoms with Crippen LogP contribution in [0.2, 0.25) is 0 Å². The smallest absolute Gasteiger partial charge is 0.154 e. The van der Waals surface area contributed by atoms with E-state index in [1.54, 1.807) is 7.11 Å². The number of ether oxygens (including phenoxy) is 2. The first kappa shape index (κ1) is 14.1. The summed E-state index contributed by atoms with van der Waals surface area (Å²) in [6.07, 6.45) is 6.34. The SMILES string of the molecule is COC(C)OCCS(=O)CC1CCCCC1. The highest BCUT2D eigenvalue weighted by Crippen LogP contribution is 2.24. The van der Waals surface area contributed by atoms with E-state index in [0.29, 0.717) is 18.3 Å². The molecule has 1 aliphatic carbocycles. The zero-order chi connectivity index (χ0) is 11.8. The molecule has 4 heteroatoms. The van der Waals surface area contributed by atoms with Crippen LogP contribution in [0.25, 0.3) is 0 Å². The van der Waals surface area contributed by atoms with Crippen molar-refractivity contribution in [1.29, 1.82) is 0 Å². The molecule has 0 aromatic rings. The van der Waals surface area contributed by atoms with E-state index < -0.39 is 10.8 Å². The standard InChI is InChI=1S/C12H24O3S/c1-11(14-2)15-8-9-16(13)10-12-6-4-3-5-7-12/h11-12H,3-10H2,1-2H3. The van der Waals surface area contributed by atoms with E-state index in [4.69, 9.17) is 9.47 Å². The predicted molar refractivity (Wildman–Crippen MR) is 66.9 cm³/mol. The van der Waals surface area contributed by atoms with Gasteiger partial charge in [-0.25, -0.2) is 0 Å². The molecule has 1 fully saturated rings. The molecule has 0 saturated heterocycles. The lowest BCUT2D eigenvalue weighted by Crippen LogP contribution is -2.20. The molecule has 0 aliphatic heterocycles. The average Bonchev–Trinajstić information content (AvgIpc) is 2.30. The second-order valence-corrected chi connectivity index (χ2v) is 6.11. The number of hydrogen-bond acceptors (Lipinski definition) is 3. The van der Waals surface area contributed by atoms with Gasteiger partial charge in [0.1, 0.15) is 0 Å². The Labute approximate surface area is 101 Å². The van der Waals surface area contributed by atoms with E-state index in [9.17, 15) is 4.21 Å². The molecule has 3 nitrogen and oxygen atoms in total. The molecule has 0 heterocycles. The number of methoxy groups -OCH3 is 1. The molecule has 2 atom stereocenters. The summed E-state index contributed by atoms with van der Waals surface area (Å²) in [7, 11) is 0.898. The molecule has 0 spiro atoms. The van der Waals surface area contributed by atoms with Crippen molar-refractivity contribution in [2.75, 3.05) is 25.2 Å². The van der Waals surface area contributed by atoms with Gasteiger partial charge in [-0.2, -0.15) is 0 Å². The molecule has 1 saturated carbocycles. The normalized spacial score (nSPS) is 21.9. The van der Waals surface area contributed by atoms with Crippen LogP contribution < -0.4 is 0 Å². The Morgan fingerprint density at radius 1 is 1.31 bits per heavy atom. The maximum atomic E-state index is 11.8. The maximum absolute atomic E-state index is 11.8. The van der Waals surface area contributed by atoms with Crippen molar-refractivity contribution in [3.05, 3.63) is 0 Å². The Kier molecular flexibility index (Phi) is 7.25. The molecule has 16 heavy (non-hydrogen) atoms. The van der Waals surface area contributed by atoms with Crippen LogP contribution in [0.3, 0.4) is 0 Å². The summed E-state index contributed by atoms with van der Waals surface area (Å²) in [6.45, 7) is 2.39. The van der Waals surface area contributed by atoms with Crippen LogP contribution in [-0.2, 0) is 20.3 Å². The molecule has 0 N–H and O–H groups in total. The third-order valence-electron chi connectivity index (χ3n) is 3.14. The molecule has 0 bridgehead atoms. The monoisotopic (exact) mass is 248 g/mol. The molecule has 0 aromatic carbocycles. The lowest BCUT2D eigenvalue weighted by Gasteiger charge is -2.21. The maximum Gasteiger partial charge on any atom is 0.154 e. The first-order valence-corrected chi connectivity index (χ1v) is 7.70. The van der Waals surface area contributed by atoms with E-state index >= 15 is 0 Å². The van der Waals surface area contributed by atoms with E-state index in [1.165, 1.54) is 32.1 Å². The fourth-order valence-corrected chi connectivity index (χ4v) is 3.38. The minimum absolute atomic E-state index is 0.188. The van der Waals surface area contributed by atoms with Crippen LogP contribution in [0.1, 0.15) is 39.0 Å². The summed E-state index contributed by atoms with van der Waals surface area (Å²) in [5.74, 6) is 2.20. The van der Waals surface area contributed by atoms with Crippen molar-refractivity contribution in [3.63, 3.8) is 0 Å². The number of hydrogen-bond donors (Lipinski definition) is 0. The molecule has 96 valence electrons. The Balaban J connectivity index is 2.05. The summed E-state index contributed by atoms with van der Waals surface area (Å²) in [5.41, 5.74) is 0. The molecule has 2 unspecified atom stereocenters. The summed E-state index contributed by atoms with van der Waals surface area (Å²) in [4.78, 5) is 0. The van der Waals surface area contributed by atoms with Gasteiger partial charge in [0.15, 0.2) is 6.29 Å². The second-order valence-electron chi connectivity index (χ2n) is 4.49. The Bertz CT molecular complexity index is 202. The van der Waals surface area contributed by atoms with Crippen LogP contribution in [-0.4, -0.2) is 35.7 Å². The van der Waals surface area contributed by atoms with Gasteiger partial charge in [0.2, 0.25) is 0 Å². The van der Waals surface area contributed by atoms with Gasteiger partial charge in [-0.3, -0.25) is 4.21 Å². The summed E-state index contributed by atoms with van der Waals surface area (Å²) < 4.78 is 22.1. The van der Waals surface area contributed by atoms with Crippen LogP contribution in [0.4, 0.5) is 0 Å². The average molecular weight is 248 g/mol. The van der Waals surface area contributed by atoms with Crippen LogP contribution in [0, 0.1) is 5.92 Å². The molecule has 0 amide bonds. The van der Waals surface area contributed by atoms with Gasteiger partial charge in [0.05, 0.1) is 6.61 Å². The Morgan fingerprint density at radius 2 is 2.00 bits per heavy atom. The van der Waals surface area contributed by atoms with Crippen LogP contribution in [0.5, 0.6) is 0 Å². The van der Waals surface area contributed by atoms with Gasteiger partial charge in [0, 0.05) is 29.4 Å². The van der Waals surface area contributed by atoms with Gasteiger partial charge in [-0.15, -0.1) is 0 Å². The lowest BCUT2D eigenvalue weighted by molar-refractivity contribution is -0.105. The highest BCUT2D eigenvalue weighted by Gasteiger charge is 2.16. The van der Waals surface area contributed by atoms with Gasteiger partial charge in [-0.05, 0) is 25.7 Å². The third kappa shape index (κ3) is 5.97. The minimum atomic E-state index is -0.717.